The minimum Gasteiger partial charge on any atom is -0.354 e. The SMILES string of the molecule is C.C.CNC(=O)c1ncccc1C.CNC(=O)c1ncccc1C. The summed E-state index contributed by atoms with van der Waals surface area (Å²) in [5, 5.41) is 5.04. The molecule has 2 aromatic rings. The Hall–Kier alpha value is -2.76. The smallest absolute Gasteiger partial charge is 0.269 e. The molecule has 0 bridgehead atoms. The number of nitrogens with zero attached hydrogens (tertiary/aromatic N) is 2. The van der Waals surface area contributed by atoms with E-state index in [4.69, 9.17) is 0 Å². The van der Waals surface area contributed by atoms with E-state index in [9.17, 15) is 9.59 Å². The van der Waals surface area contributed by atoms with Crippen molar-refractivity contribution in [2.24, 2.45) is 0 Å². The van der Waals surface area contributed by atoms with Crippen molar-refractivity contribution < 1.29 is 9.59 Å². The first-order valence-electron chi connectivity index (χ1n) is 6.78. The molecule has 0 aliphatic rings. The van der Waals surface area contributed by atoms with E-state index in [2.05, 4.69) is 20.6 Å². The second-order valence-corrected chi connectivity index (χ2v) is 4.50. The average molecular weight is 332 g/mol. The zero-order valence-electron chi connectivity index (χ0n) is 13.2. The van der Waals surface area contributed by atoms with E-state index >= 15 is 0 Å². The molecule has 0 aliphatic heterocycles. The van der Waals surface area contributed by atoms with Crippen LogP contribution in [0.3, 0.4) is 0 Å². The number of aromatic nitrogens is 2. The molecule has 0 fully saturated rings. The van der Waals surface area contributed by atoms with Crippen LogP contribution >= 0.6 is 0 Å². The maximum absolute atomic E-state index is 11.1. The summed E-state index contributed by atoms with van der Waals surface area (Å²) >= 11 is 0. The summed E-state index contributed by atoms with van der Waals surface area (Å²) in [6.07, 6.45) is 3.22. The van der Waals surface area contributed by atoms with Crippen LogP contribution in [0, 0.1) is 13.8 Å². The number of hydrogen-bond donors (Lipinski definition) is 2. The quantitative estimate of drug-likeness (QED) is 0.885. The highest BCUT2D eigenvalue weighted by atomic mass is 16.2. The summed E-state index contributed by atoms with van der Waals surface area (Å²) in [7, 11) is 3.19. The minimum absolute atomic E-state index is 0. The first-order chi connectivity index (χ1) is 10.5. The molecule has 6 nitrogen and oxygen atoms in total. The third kappa shape index (κ3) is 6.56. The number of pyridine rings is 2. The molecule has 2 rings (SSSR count). The van der Waals surface area contributed by atoms with Crippen molar-refractivity contribution in [3.63, 3.8) is 0 Å². The molecule has 0 unspecified atom stereocenters. The van der Waals surface area contributed by atoms with Crippen LogP contribution in [0.4, 0.5) is 0 Å². The summed E-state index contributed by atoms with van der Waals surface area (Å²) in [5.74, 6) is -0.272. The second-order valence-electron chi connectivity index (χ2n) is 4.50. The zero-order valence-corrected chi connectivity index (χ0v) is 13.2. The van der Waals surface area contributed by atoms with Gasteiger partial charge in [0.05, 0.1) is 0 Å². The summed E-state index contributed by atoms with van der Waals surface area (Å²) < 4.78 is 0. The molecule has 2 heterocycles. The van der Waals surface area contributed by atoms with E-state index in [1.165, 1.54) is 0 Å². The fourth-order valence-corrected chi connectivity index (χ4v) is 1.68. The highest BCUT2D eigenvalue weighted by Gasteiger charge is 2.06. The Morgan fingerprint density at radius 2 is 1.12 bits per heavy atom. The maximum atomic E-state index is 11.1. The highest BCUT2D eigenvalue weighted by Crippen LogP contribution is 2.02. The summed E-state index contributed by atoms with van der Waals surface area (Å²) in [6, 6.07) is 7.33. The van der Waals surface area contributed by atoms with Crippen molar-refractivity contribution in [1.29, 1.82) is 0 Å². The Bertz CT molecular complexity index is 599. The number of carbonyl (C=O) groups is 2. The van der Waals surface area contributed by atoms with Crippen LogP contribution in [0.1, 0.15) is 47.0 Å². The predicted octanol–water partition coefficient (Wildman–Crippen LogP) is 2.77. The molecular formula is C18H28N4O2. The van der Waals surface area contributed by atoms with Gasteiger partial charge in [-0.1, -0.05) is 27.0 Å². The molecular weight excluding hydrogens is 304 g/mol. The molecule has 2 amide bonds. The average Bonchev–Trinajstić information content (AvgIpc) is 2.55. The number of amides is 2. The van der Waals surface area contributed by atoms with E-state index in [0.29, 0.717) is 11.4 Å². The highest BCUT2D eigenvalue weighted by molar-refractivity contribution is 5.93. The van der Waals surface area contributed by atoms with Gasteiger partial charge in [0.1, 0.15) is 11.4 Å². The monoisotopic (exact) mass is 332 g/mol. The normalized spacial score (nSPS) is 8.50. The number of rotatable bonds is 2. The van der Waals surface area contributed by atoms with Gasteiger partial charge in [0.2, 0.25) is 0 Å². The zero-order chi connectivity index (χ0) is 16.5. The van der Waals surface area contributed by atoms with Crippen LogP contribution in [-0.2, 0) is 0 Å². The molecule has 6 heteroatoms. The van der Waals surface area contributed by atoms with Gasteiger partial charge in [-0.3, -0.25) is 19.6 Å². The molecule has 0 aromatic carbocycles. The Morgan fingerprint density at radius 1 is 0.792 bits per heavy atom. The van der Waals surface area contributed by atoms with E-state index < -0.39 is 0 Å². The van der Waals surface area contributed by atoms with Crippen molar-refractivity contribution in [3.8, 4) is 0 Å². The van der Waals surface area contributed by atoms with Gasteiger partial charge in [-0.25, -0.2) is 0 Å². The van der Waals surface area contributed by atoms with Gasteiger partial charge >= 0.3 is 0 Å². The van der Waals surface area contributed by atoms with Crippen LogP contribution in [0.15, 0.2) is 36.7 Å². The Balaban J connectivity index is 0. The lowest BCUT2D eigenvalue weighted by Gasteiger charge is -2.00. The molecule has 2 N–H and O–H groups in total. The van der Waals surface area contributed by atoms with Crippen LogP contribution in [0.25, 0.3) is 0 Å². The van der Waals surface area contributed by atoms with Crippen LogP contribution in [0.2, 0.25) is 0 Å². The molecule has 0 aliphatic carbocycles. The summed E-state index contributed by atoms with van der Waals surface area (Å²) in [5.41, 5.74) is 2.78. The van der Waals surface area contributed by atoms with Gasteiger partial charge in [-0.15, -0.1) is 0 Å². The maximum Gasteiger partial charge on any atom is 0.269 e. The lowest BCUT2D eigenvalue weighted by atomic mass is 10.2. The standard InChI is InChI=1S/2C8H10N2O.2CH4/c2*1-6-4-3-5-10-7(6)8(11)9-2;;/h2*3-5H,1-2H3,(H,9,11);2*1H4. The van der Waals surface area contributed by atoms with E-state index in [1.807, 2.05) is 38.1 Å². The minimum atomic E-state index is -0.136. The van der Waals surface area contributed by atoms with Crippen LogP contribution in [0.5, 0.6) is 0 Å². The van der Waals surface area contributed by atoms with E-state index in [0.717, 1.165) is 11.1 Å². The third-order valence-electron chi connectivity index (χ3n) is 2.90. The fraction of sp³-hybridized carbons (Fsp3) is 0.333. The first-order valence-corrected chi connectivity index (χ1v) is 6.78. The number of carbonyl (C=O) groups excluding carboxylic acids is 2. The lowest BCUT2D eigenvalue weighted by molar-refractivity contribution is 0.0949. The second kappa shape index (κ2) is 11.8. The number of nitrogens with one attached hydrogen (secondary N) is 2. The van der Waals surface area contributed by atoms with Crippen LogP contribution < -0.4 is 10.6 Å². The topological polar surface area (TPSA) is 84.0 Å². The van der Waals surface area contributed by atoms with Crippen molar-refractivity contribution in [2.75, 3.05) is 14.1 Å². The summed E-state index contributed by atoms with van der Waals surface area (Å²) in [4.78, 5) is 30.0. The molecule has 0 saturated heterocycles. The molecule has 2 aromatic heterocycles. The first kappa shape index (κ1) is 23.5. The molecule has 0 atom stereocenters. The van der Waals surface area contributed by atoms with Gasteiger partial charge in [0.25, 0.3) is 11.8 Å². The van der Waals surface area contributed by atoms with E-state index in [-0.39, 0.29) is 26.7 Å². The third-order valence-corrected chi connectivity index (χ3v) is 2.90. The molecule has 0 saturated carbocycles. The molecule has 0 spiro atoms. The molecule has 132 valence electrons. The largest absolute Gasteiger partial charge is 0.354 e. The van der Waals surface area contributed by atoms with Crippen molar-refractivity contribution in [3.05, 3.63) is 59.2 Å². The predicted molar refractivity (Wildman–Crippen MR) is 98.2 cm³/mol. The Morgan fingerprint density at radius 3 is 1.38 bits per heavy atom. The van der Waals surface area contributed by atoms with Gasteiger partial charge in [0.15, 0.2) is 0 Å². The van der Waals surface area contributed by atoms with Gasteiger partial charge in [0, 0.05) is 26.5 Å². The lowest BCUT2D eigenvalue weighted by Crippen LogP contribution is -2.20. The molecule has 0 radical (unpaired) electrons. The van der Waals surface area contributed by atoms with Gasteiger partial charge in [-0.05, 0) is 37.1 Å². The van der Waals surface area contributed by atoms with E-state index in [1.54, 1.807) is 26.5 Å². The van der Waals surface area contributed by atoms with Crippen molar-refractivity contribution in [1.82, 2.24) is 20.6 Å². The fourth-order valence-electron chi connectivity index (χ4n) is 1.68. The Labute approximate surface area is 144 Å². The number of aryl methyl sites for hydroxylation is 2. The van der Waals surface area contributed by atoms with Crippen molar-refractivity contribution >= 4 is 11.8 Å². The van der Waals surface area contributed by atoms with Gasteiger partial charge in [-0.2, -0.15) is 0 Å². The van der Waals surface area contributed by atoms with Crippen molar-refractivity contribution in [2.45, 2.75) is 28.7 Å². The van der Waals surface area contributed by atoms with Gasteiger partial charge < -0.3 is 10.6 Å². The number of hydrogen-bond acceptors (Lipinski definition) is 4. The van der Waals surface area contributed by atoms with Crippen LogP contribution in [-0.4, -0.2) is 35.9 Å². The molecule has 24 heavy (non-hydrogen) atoms. The summed E-state index contributed by atoms with van der Waals surface area (Å²) in [6.45, 7) is 3.72. The Kier molecular flexibility index (Phi) is 11.5.